The summed E-state index contributed by atoms with van der Waals surface area (Å²) in [5.41, 5.74) is 0. The Bertz CT molecular complexity index is 108. The van der Waals surface area contributed by atoms with Gasteiger partial charge in [-0.25, -0.2) is 0 Å². The van der Waals surface area contributed by atoms with Gasteiger partial charge in [0.2, 0.25) is 5.91 Å². The minimum absolute atomic E-state index is 0.104. The Morgan fingerprint density at radius 2 is 2.56 bits per heavy atom. The second-order valence-corrected chi connectivity index (χ2v) is 2.17. The molecule has 0 aromatic carbocycles. The van der Waals surface area contributed by atoms with Gasteiger partial charge in [-0.3, -0.25) is 4.79 Å². The molecule has 1 N–H and O–H groups in total. The van der Waals surface area contributed by atoms with E-state index in [9.17, 15) is 4.79 Å². The molecule has 1 rings (SSSR count). The number of hydrogen-bond donors (Lipinski definition) is 1. The predicted molar refractivity (Wildman–Crippen MR) is 33.0 cm³/mol. The molecular weight excluding hydrogens is 118 g/mol. The number of ether oxygens (including phenoxy) is 1. The third-order valence-corrected chi connectivity index (χ3v) is 1.55. The fourth-order valence-electron chi connectivity index (χ4n) is 0.945. The Morgan fingerprint density at radius 1 is 1.78 bits per heavy atom. The first-order valence-corrected chi connectivity index (χ1v) is 3.14. The molecule has 0 saturated carbocycles. The van der Waals surface area contributed by atoms with Crippen molar-refractivity contribution in [1.29, 1.82) is 0 Å². The Kier molecular flexibility index (Phi) is 2.05. The third-order valence-electron chi connectivity index (χ3n) is 1.55. The number of nitrogens with one attached hydrogen (secondary N) is 1. The van der Waals surface area contributed by atoms with Gasteiger partial charge in [-0.05, 0) is 6.42 Å². The van der Waals surface area contributed by atoms with Crippen molar-refractivity contribution in [2.24, 2.45) is 5.92 Å². The van der Waals surface area contributed by atoms with E-state index < -0.39 is 0 Å². The highest BCUT2D eigenvalue weighted by Crippen LogP contribution is 2.11. The summed E-state index contributed by atoms with van der Waals surface area (Å²) < 4.78 is 5.02. The van der Waals surface area contributed by atoms with Gasteiger partial charge >= 0.3 is 0 Å². The molecule has 0 aromatic heterocycles. The van der Waals surface area contributed by atoms with Gasteiger partial charge in [0.1, 0.15) is 0 Å². The summed E-state index contributed by atoms with van der Waals surface area (Å²) in [4.78, 5) is 10.8. The highest BCUT2D eigenvalue weighted by atomic mass is 16.5. The van der Waals surface area contributed by atoms with Crippen LogP contribution in [0.15, 0.2) is 0 Å². The number of hydrogen-bond acceptors (Lipinski definition) is 2. The Balaban J connectivity index is 2.32. The maximum atomic E-state index is 10.8. The monoisotopic (exact) mass is 129 g/mol. The first kappa shape index (κ1) is 6.55. The lowest BCUT2D eigenvalue weighted by Gasteiger charge is -2.02. The second kappa shape index (κ2) is 2.82. The summed E-state index contributed by atoms with van der Waals surface area (Å²) in [5.74, 6) is 0.211. The van der Waals surface area contributed by atoms with E-state index in [-0.39, 0.29) is 11.8 Å². The molecule has 1 amide bonds. The topological polar surface area (TPSA) is 38.3 Å². The highest BCUT2D eigenvalue weighted by molar-refractivity contribution is 5.78. The molecule has 0 aliphatic carbocycles. The molecule has 1 heterocycles. The van der Waals surface area contributed by atoms with Crippen LogP contribution in [0.1, 0.15) is 6.42 Å². The molecule has 3 heteroatoms. The smallest absolute Gasteiger partial charge is 0.225 e. The van der Waals surface area contributed by atoms with Crippen molar-refractivity contribution in [3.63, 3.8) is 0 Å². The second-order valence-electron chi connectivity index (χ2n) is 2.17. The molecule has 1 aliphatic rings. The Labute approximate surface area is 54.4 Å². The first-order valence-electron chi connectivity index (χ1n) is 3.14. The van der Waals surface area contributed by atoms with Gasteiger partial charge in [-0.1, -0.05) is 0 Å². The van der Waals surface area contributed by atoms with Crippen LogP contribution >= 0.6 is 0 Å². The predicted octanol–water partition coefficient (Wildman–Crippen LogP) is -0.231. The SMILES string of the molecule is CNC(=O)C1CCOC1. The van der Waals surface area contributed by atoms with Crippen molar-refractivity contribution >= 4 is 5.91 Å². The summed E-state index contributed by atoms with van der Waals surface area (Å²) in [6, 6.07) is 0. The molecule has 9 heavy (non-hydrogen) atoms. The van der Waals surface area contributed by atoms with Gasteiger partial charge in [0.25, 0.3) is 0 Å². The van der Waals surface area contributed by atoms with Crippen molar-refractivity contribution in [1.82, 2.24) is 5.32 Å². The van der Waals surface area contributed by atoms with Crippen LogP contribution in [0.25, 0.3) is 0 Å². The summed E-state index contributed by atoms with van der Waals surface area (Å²) in [6.45, 7) is 1.33. The molecule has 0 spiro atoms. The third kappa shape index (κ3) is 1.42. The first-order chi connectivity index (χ1) is 4.34. The van der Waals surface area contributed by atoms with E-state index in [1.165, 1.54) is 0 Å². The van der Waals surface area contributed by atoms with Gasteiger partial charge in [0.05, 0.1) is 12.5 Å². The van der Waals surface area contributed by atoms with Gasteiger partial charge in [0.15, 0.2) is 0 Å². The van der Waals surface area contributed by atoms with E-state index in [2.05, 4.69) is 5.32 Å². The molecule has 0 radical (unpaired) electrons. The van der Waals surface area contributed by atoms with E-state index in [4.69, 9.17) is 4.74 Å². The van der Waals surface area contributed by atoms with Gasteiger partial charge in [-0.2, -0.15) is 0 Å². The van der Waals surface area contributed by atoms with Crippen LogP contribution in [0.4, 0.5) is 0 Å². The van der Waals surface area contributed by atoms with Gasteiger partial charge < -0.3 is 10.1 Å². The number of amides is 1. The quantitative estimate of drug-likeness (QED) is 0.531. The van der Waals surface area contributed by atoms with Crippen molar-refractivity contribution in [2.45, 2.75) is 6.42 Å². The van der Waals surface area contributed by atoms with Gasteiger partial charge in [0, 0.05) is 13.7 Å². The van der Waals surface area contributed by atoms with E-state index in [1.807, 2.05) is 0 Å². The minimum Gasteiger partial charge on any atom is -0.381 e. The number of carbonyl (C=O) groups excluding carboxylic acids is 1. The fraction of sp³-hybridized carbons (Fsp3) is 0.833. The molecule has 1 fully saturated rings. The Morgan fingerprint density at radius 3 is 3.00 bits per heavy atom. The molecule has 1 aliphatic heterocycles. The average molecular weight is 129 g/mol. The lowest BCUT2D eigenvalue weighted by molar-refractivity contribution is -0.124. The van der Waals surface area contributed by atoms with Crippen molar-refractivity contribution < 1.29 is 9.53 Å². The standard InChI is InChI=1S/C6H11NO2/c1-7-6(8)5-2-3-9-4-5/h5H,2-4H2,1H3,(H,7,8). The van der Waals surface area contributed by atoms with Crippen molar-refractivity contribution in [2.75, 3.05) is 20.3 Å². The van der Waals surface area contributed by atoms with E-state index in [0.717, 1.165) is 13.0 Å². The maximum absolute atomic E-state index is 10.8. The zero-order valence-corrected chi connectivity index (χ0v) is 5.52. The molecule has 1 unspecified atom stereocenters. The summed E-state index contributed by atoms with van der Waals surface area (Å²) in [5, 5.41) is 2.59. The zero-order chi connectivity index (χ0) is 6.69. The van der Waals surface area contributed by atoms with Crippen LogP contribution in [-0.2, 0) is 9.53 Å². The molecule has 0 bridgehead atoms. The van der Waals surface area contributed by atoms with Crippen molar-refractivity contribution in [3.8, 4) is 0 Å². The van der Waals surface area contributed by atoms with Crippen molar-refractivity contribution in [3.05, 3.63) is 0 Å². The molecule has 1 atom stereocenters. The van der Waals surface area contributed by atoms with E-state index in [1.54, 1.807) is 7.05 Å². The summed E-state index contributed by atoms with van der Waals surface area (Å²) >= 11 is 0. The number of carbonyl (C=O) groups is 1. The maximum Gasteiger partial charge on any atom is 0.225 e. The van der Waals surface area contributed by atoms with Crippen LogP contribution in [0.5, 0.6) is 0 Å². The van der Waals surface area contributed by atoms with Gasteiger partial charge in [-0.15, -0.1) is 0 Å². The minimum atomic E-state index is 0.104. The van der Waals surface area contributed by atoms with Crippen LogP contribution in [0, 0.1) is 5.92 Å². The largest absolute Gasteiger partial charge is 0.381 e. The van der Waals surface area contributed by atoms with Crippen LogP contribution < -0.4 is 5.32 Å². The van der Waals surface area contributed by atoms with Crippen LogP contribution in [0.3, 0.4) is 0 Å². The lowest BCUT2D eigenvalue weighted by Crippen LogP contribution is -2.27. The number of rotatable bonds is 1. The molecular formula is C6H11NO2. The molecule has 1 saturated heterocycles. The fourth-order valence-corrected chi connectivity index (χ4v) is 0.945. The lowest BCUT2D eigenvalue weighted by atomic mass is 10.1. The van der Waals surface area contributed by atoms with E-state index in [0.29, 0.717) is 6.61 Å². The molecule has 52 valence electrons. The zero-order valence-electron chi connectivity index (χ0n) is 5.52. The summed E-state index contributed by atoms with van der Waals surface area (Å²) in [7, 11) is 1.65. The van der Waals surface area contributed by atoms with Crippen LogP contribution in [0.2, 0.25) is 0 Å². The Hall–Kier alpha value is -0.570. The highest BCUT2D eigenvalue weighted by Gasteiger charge is 2.21. The van der Waals surface area contributed by atoms with Crippen LogP contribution in [-0.4, -0.2) is 26.2 Å². The van der Waals surface area contributed by atoms with E-state index >= 15 is 0 Å². The summed E-state index contributed by atoms with van der Waals surface area (Å²) in [6.07, 6.45) is 0.875. The molecule has 0 aromatic rings. The molecule has 3 nitrogen and oxygen atoms in total. The normalized spacial score (nSPS) is 26.1. The average Bonchev–Trinajstić information content (AvgIpc) is 2.37.